The molecule has 1 atom stereocenters. The van der Waals surface area contributed by atoms with Crippen molar-refractivity contribution in [2.24, 2.45) is 0 Å². The first-order chi connectivity index (χ1) is 9.63. The van der Waals surface area contributed by atoms with Gasteiger partial charge < -0.3 is 4.74 Å². The van der Waals surface area contributed by atoms with E-state index in [0.717, 1.165) is 22.3 Å². The van der Waals surface area contributed by atoms with E-state index in [1.807, 2.05) is 69.3 Å². The number of carbonyl (C=O) groups excluding carboxylic acids is 1. The Hall–Kier alpha value is -1.93. The van der Waals surface area contributed by atoms with E-state index in [1.54, 1.807) is 0 Å². The van der Waals surface area contributed by atoms with Crippen LogP contribution in [0.3, 0.4) is 0 Å². The molecule has 0 saturated heterocycles. The zero-order valence-corrected chi connectivity index (χ0v) is 12.2. The van der Waals surface area contributed by atoms with Crippen molar-refractivity contribution in [3.8, 4) is 0 Å². The summed E-state index contributed by atoms with van der Waals surface area (Å²) in [4.78, 5) is 12.7. The highest BCUT2D eigenvalue weighted by molar-refractivity contribution is 6.01. The fourth-order valence-electron chi connectivity index (χ4n) is 2.35. The molecule has 0 spiro atoms. The highest BCUT2D eigenvalue weighted by Crippen LogP contribution is 2.24. The van der Waals surface area contributed by atoms with Crippen LogP contribution in [0, 0.1) is 13.8 Å². The predicted molar refractivity (Wildman–Crippen MR) is 81.1 cm³/mol. The topological polar surface area (TPSA) is 26.3 Å². The van der Waals surface area contributed by atoms with Gasteiger partial charge in [0.05, 0.1) is 0 Å². The maximum absolute atomic E-state index is 12.7. The number of rotatable bonds is 5. The van der Waals surface area contributed by atoms with Crippen LogP contribution in [-0.2, 0) is 4.74 Å². The number of aryl methyl sites for hydroxylation is 2. The molecule has 0 fully saturated rings. The third-order valence-corrected chi connectivity index (χ3v) is 3.32. The Labute approximate surface area is 120 Å². The van der Waals surface area contributed by atoms with Crippen LogP contribution in [-0.4, -0.2) is 12.4 Å². The smallest absolute Gasteiger partial charge is 0.196 e. The molecule has 0 amide bonds. The van der Waals surface area contributed by atoms with Gasteiger partial charge in [0.2, 0.25) is 0 Å². The Bertz CT molecular complexity index is 588. The van der Waals surface area contributed by atoms with Crippen molar-refractivity contribution >= 4 is 5.78 Å². The third-order valence-electron chi connectivity index (χ3n) is 3.32. The first kappa shape index (κ1) is 14.5. The van der Waals surface area contributed by atoms with Gasteiger partial charge in [-0.15, -0.1) is 0 Å². The predicted octanol–water partition coefficient (Wildman–Crippen LogP) is 4.26. The Morgan fingerprint density at radius 3 is 2.40 bits per heavy atom. The standard InChI is InChI=1S/C18H20O2/c1-4-20-18(15-8-6-5-7-9-15)17(19)16-11-10-13(2)12-14(16)3/h5-12,18H,4H2,1-3H3. The number of ether oxygens (including phenoxy) is 1. The maximum atomic E-state index is 12.7. The first-order valence-corrected chi connectivity index (χ1v) is 6.91. The molecule has 0 aliphatic heterocycles. The average molecular weight is 268 g/mol. The fourth-order valence-corrected chi connectivity index (χ4v) is 2.35. The molecule has 20 heavy (non-hydrogen) atoms. The van der Waals surface area contributed by atoms with Gasteiger partial charge in [0, 0.05) is 12.2 Å². The largest absolute Gasteiger partial charge is 0.366 e. The Balaban J connectivity index is 2.37. The Morgan fingerprint density at radius 1 is 1.10 bits per heavy atom. The van der Waals surface area contributed by atoms with Crippen LogP contribution in [0.4, 0.5) is 0 Å². The molecule has 0 N–H and O–H groups in total. The van der Waals surface area contributed by atoms with Gasteiger partial charge in [-0.1, -0.05) is 54.1 Å². The summed E-state index contributed by atoms with van der Waals surface area (Å²) in [6.07, 6.45) is -0.525. The molecule has 0 aliphatic rings. The zero-order valence-electron chi connectivity index (χ0n) is 12.2. The third kappa shape index (κ3) is 3.14. The molecule has 2 rings (SSSR count). The second-order valence-electron chi connectivity index (χ2n) is 4.93. The molecule has 2 nitrogen and oxygen atoms in total. The van der Waals surface area contributed by atoms with Crippen LogP contribution in [0.15, 0.2) is 48.5 Å². The van der Waals surface area contributed by atoms with E-state index >= 15 is 0 Å². The van der Waals surface area contributed by atoms with E-state index in [-0.39, 0.29) is 5.78 Å². The van der Waals surface area contributed by atoms with Gasteiger partial charge in [0.25, 0.3) is 0 Å². The van der Waals surface area contributed by atoms with Gasteiger partial charge in [0.1, 0.15) is 6.10 Å². The van der Waals surface area contributed by atoms with Gasteiger partial charge in [-0.2, -0.15) is 0 Å². The van der Waals surface area contributed by atoms with Crippen molar-refractivity contribution in [1.29, 1.82) is 0 Å². The number of ketones is 1. The molecule has 0 aromatic heterocycles. The van der Waals surface area contributed by atoms with Crippen molar-refractivity contribution in [1.82, 2.24) is 0 Å². The van der Waals surface area contributed by atoms with Crippen LogP contribution in [0.2, 0.25) is 0 Å². The molecule has 2 aromatic carbocycles. The molecule has 0 saturated carbocycles. The highest BCUT2D eigenvalue weighted by atomic mass is 16.5. The minimum absolute atomic E-state index is 0.0237. The van der Waals surface area contributed by atoms with Gasteiger partial charge in [-0.25, -0.2) is 0 Å². The SMILES string of the molecule is CCOC(C(=O)c1ccc(C)cc1C)c1ccccc1. The summed E-state index contributed by atoms with van der Waals surface area (Å²) in [6, 6.07) is 15.5. The van der Waals surface area contributed by atoms with E-state index in [1.165, 1.54) is 0 Å². The minimum atomic E-state index is -0.525. The van der Waals surface area contributed by atoms with Gasteiger partial charge in [-0.3, -0.25) is 4.79 Å². The second kappa shape index (κ2) is 6.49. The zero-order chi connectivity index (χ0) is 14.5. The molecule has 2 aromatic rings. The molecule has 0 aliphatic carbocycles. The van der Waals surface area contributed by atoms with Crippen LogP contribution in [0.1, 0.15) is 40.1 Å². The summed E-state index contributed by atoms with van der Waals surface area (Å²) in [5, 5.41) is 0. The molecule has 2 heteroatoms. The highest BCUT2D eigenvalue weighted by Gasteiger charge is 2.23. The van der Waals surface area contributed by atoms with E-state index < -0.39 is 6.10 Å². The number of Topliss-reactive ketones (excluding diaryl/α,β-unsaturated/α-hetero) is 1. The lowest BCUT2D eigenvalue weighted by atomic mass is 9.95. The van der Waals surface area contributed by atoms with Gasteiger partial charge in [-0.05, 0) is 31.9 Å². The van der Waals surface area contributed by atoms with E-state index in [0.29, 0.717) is 6.61 Å². The normalized spacial score (nSPS) is 12.2. The number of benzene rings is 2. The number of hydrogen-bond acceptors (Lipinski definition) is 2. The monoisotopic (exact) mass is 268 g/mol. The molecular formula is C18H20O2. The van der Waals surface area contributed by atoms with Crippen molar-refractivity contribution in [2.45, 2.75) is 26.9 Å². The Morgan fingerprint density at radius 2 is 1.80 bits per heavy atom. The van der Waals surface area contributed by atoms with Crippen LogP contribution < -0.4 is 0 Å². The molecule has 0 radical (unpaired) electrons. The number of carbonyl (C=O) groups is 1. The molecule has 104 valence electrons. The summed E-state index contributed by atoms with van der Waals surface area (Å²) in [7, 11) is 0. The second-order valence-corrected chi connectivity index (χ2v) is 4.93. The summed E-state index contributed by atoms with van der Waals surface area (Å²) in [6.45, 7) is 6.41. The summed E-state index contributed by atoms with van der Waals surface area (Å²) < 4.78 is 5.68. The van der Waals surface area contributed by atoms with Crippen molar-refractivity contribution in [3.05, 3.63) is 70.8 Å². The molecule has 0 bridgehead atoms. The van der Waals surface area contributed by atoms with Crippen molar-refractivity contribution in [3.63, 3.8) is 0 Å². The van der Waals surface area contributed by atoms with E-state index in [2.05, 4.69) is 0 Å². The summed E-state index contributed by atoms with van der Waals surface area (Å²) in [5.41, 5.74) is 3.79. The van der Waals surface area contributed by atoms with Crippen molar-refractivity contribution in [2.75, 3.05) is 6.61 Å². The lowest BCUT2D eigenvalue weighted by molar-refractivity contribution is 0.0452. The maximum Gasteiger partial charge on any atom is 0.196 e. The quantitative estimate of drug-likeness (QED) is 0.757. The Kier molecular flexibility index (Phi) is 4.70. The minimum Gasteiger partial charge on any atom is -0.366 e. The first-order valence-electron chi connectivity index (χ1n) is 6.91. The summed E-state index contributed by atoms with van der Waals surface area (Å²) >= 11 is 0. The van der Waals surface area contributed by atoms with E-state index in [9.17, 15) is 4.79 Å². The van der Waals surface area contributed by atoms with Gasteiger partial charge >= 0.3 is 0 Å². The summed E-state index contributed by atoms with van der Waals surface area (Å²) in [5.74, 6) is 0.0237. The molecule has 1 unspecified atom stereocenters. The van der Waals surface area contributed by atoms with Crippen molar-refractivity contribution < 1.29 is 9.53 Å². The lowest BCUT2D eigenvalue weighted by Crippen LogP contribution is -2.17. The van der Waals surface area contributed by atoms with E-state index in [4.69, 9.17) is 4.74 Å². The molecular weight excluding hydrogens is 248 g/mol. The van der Waals surface area contributed by atoms with Gasteiger partial charge in [0.15, 0.2) is 5.78 Å². The lowest BCUT2D eigenvalue weighted by Gasteiger charge is -2.17. The average Bonchev–Trinajstić information content (AvgIpc) is 2.45. The fraction of sp³-hybridized carbons (Fsp3) is 0.278. The van der Waals surface area contributed by atoms with Crippen LogP contribution in [0.25, 0.3) is 0 Å². The number of hydrogen-bond donors (Lipinski definition) is 0. The van der Waals surface area contributed by atoms with Crippen LogP contribution >= 0.6 is 0 Å². The molecule has 0 heterocycles. The van der Waals surface area contributed by atoms with Crippen LogP contribution in [0.5, 0.6) is 0 Å².